The zero-order valence-electron chi connectivity index (χ0n) is 19.4. The maximum absolute atomic E-state index is 13.7. The lowest BCUT2D eigenvalue weighted by molar-refractivity contribution is -0.140. The maximum atomic E-state index is 13.7. The van der Waals surface area contributed by atoms with Crippen molar-refractivity contribution >= 4 is 17.7 Å². The molecule has 1 aromatic heterocycles. The van der Waals surface area contributed by atoms with E-state index in [4.69, 9.17) is 4.74 Å². The summed E-state index contributed by atoms with van der Waals surface area (Å²) in [6.07, 6.45) is 2.63. The molecule has 1 saturated carbocycles. The Labute approximate surface area is 188 Å². The largest absolute Gasteiger partial charge is 0.464 e. The lowest BCUT2D eigenvalue weighted by Gasteiger charge is -2.35. The van der Waals surface area contributed by atoms with E-state index in [9.17, 15) is 18.8 Å². The summed E-state index contributed by atoms with van der Waals surface area (Å²) in [5.74, 6) is -1.20. The highest BCUT2D eigenvalue weighted by Crippen LogP contribution is 2.31. The molecule has 6 nitrogen and oxygen atoms in total. The molecule has 1 atom stereocenters. The molecule has 1 heterocycles. The van der Waals surface area contributed by atoms with Gasteiger partial charge in [0.15, 0.2) is 5.78 Å². The van der Waals surface area contributed by atoms with E-state index in [0.717, 1.165) is 24.8 Å². The fourth-order valence-electron chi connectivity index (χ4n) is 4.45. The first-order valence-electron chi connectivity index (χ1n) is 11.1. The minimum atomic E-state index is -0.733. The lowest BCUT2D eigenvalue weighted by atomic mass is 9.83. The van der Waals surface area contributed by atoms with Gasteiger partial charge in [-0.05, 0) is 63.8 Å². The number of halogens is 1. The second-order valence-corrected chi connectivity index (χ2v) is 8.43. The van der Waals surface area contributed by atoms with Gasteiger partial charge in [-0.1, -0.05) is 18.6 Å². The molecule has 3 rings (SSSR count). The van der Waals surface area contributed by atoms with Gasteiger partial charge in [0.1, 0.15) is 11.5 Å². The van der Waals surface area contributed by atoms with Crippen LogP contribution in [0, 0.1) is 25.6 Å². The van der Waals surface area contributed by atoms with Gasteiger partial charge in [-0.3, -0.25) is 9.59 Å². The molecule has 2 aromatic rings. The number of esters is 1. The van der Waals surface area contributed by atoms with Crippen LogP contribution in [0.4, 0.5) is 4.39 Å². The van der Waals surface area contributed by atoms with Crippen LogP contribution in [0.2, 0.25) is 0 Å². The quantitative estimate of drug-likeness (QED) is 0.447. The van der Waals surface area contributed by atoms with Gasteiger partial charge in [-0.25, -0.2) is 9.18 Å². The molecule has 1 fully saturated rings. The number of hydrogen-bond acceptors (Lipinski definition) is 4. The van der Waals surface area contributed by atoms with Gasteiger partial charge in [-0.15, -0.1) is 0 Å². The standard InChI is InChI=1S/C25H31FN2O4/c1-6-27-16(3)21(15(2)22(27)25(31)32-5)23(29)17(4)28(24(30)19-8-7-9-19)14-18-10-12-20(26)13-11-18/h10-13,17,19H,6-9,14H2,1-5H3/t17-/m0/s1. The molecule has 0 radical (unpaired) electrons. The van der Waals surface area contributed by atoms with Gasteiger partial charge in [-0.2, -0.15) is 0 Å². The number of rotatable bonds is 8. The van der Waals surface area contributed by atoms with Gasteiger partial charge in [0, 0.05) is 30.3 Å². The number of carbonyl (C=O) groups is 3. The van der Waals surface area contributed by atoms with Crippen LogP contribution in [0.5, 0.6) is 0 Å². The SMILES string of the molecule is CCn1c(C)c(C(=O)[C@H](C)N(Cc2ccc(F)cc2)C(=O)C2CCC2)c(C)c1C(=O)OC. The number of amides is 1. The van der Waals surface area contributed by atoms with E-state index in [-0.39, 0.29) is 30.0 Å². The van der Waals surface area contributed by atoms with Crippen LogP contribution < -0.4 is 0 Å². The molecule has 32 heavy (non-hydrogen) atoms. The molecule has 7 heteroatoms. The number of aromatic nitrogens is 1. The van der Waals surface area contributed by atoms with Crippen molar-refractivity contribution in [1.82, 2.24) is 9.47 Å². The number of nitrogens with zero attached hydrogens (tertiary/aromatic N) is 2. The maximum Gasteiger partial charge on any atom is 0.354 e. The van der Waals surface area contributed by atoms with E-state index < -0.39 is 12.0 Å². The van der Waals surface area contributed by atoms with Crippen LogP contribution in [-0.4, -0.2) is 40.3 Å². The van der Waals surface area contributed by atoms with Gasteiger partial charge < -0.3 is 14.2 Å². The number of Topliss-reactive ketones (excluding diaryl/α,β-unsaturated/α-hetero) is 1. The Morgan fingerprint density at radius 2 is 1.81 bits per heavy atom. The third-order valence-electron chi connectivity index (χ3n) is 6.56. The molecule has 0 aliphatic heterocycles. The van der Waals surface area contributed by atoms with Crippen molar-refractivity contribution in [3.8, 4) is 0 Å². The Morgan fingerprint density at radius 3 is 2.31 bits per heavy atom. The zero-order chi connectivity index (χ0) is 23.6. The Hall–Kier alpha value is -2.96. The van der Waals surface area contributed by atoms with E-state index >= 15 is 0 Å². The fourth-order valence-corrected chi connectivity index (χ4v) is 4.45. The molecule has 0 bridgehead atoms. The third kappa shape index (κ3) is 4.33. The number of hydrogen-bond donors (Lipinski definition) is 0. The second kappa shape index (κ2) is 9.67. The minimum Gasteiger partial charge on any atom is -0.464 e. The van der Waals surface area contributed by atoms with Crippen molar-refractivity contribution in [2.45, 2.75) is 66.1 Å². The van der Waals surface area contributed by atoms with Crippen LogP contribution in [0.15, 0.2) is 24.3 Å². The van der Waals surface area contributed by atoms with Gasteiger partial charge in [0.2, 0.25) is 5.91 Å². The summed E-state index contributed by atoms with van der Waals surface area (Å²) in [4.78, 5) is 40.9. The first kappa shape index (κ1) is 23.7. The molecular weight excluding hydrogens is 411 g/mol. The van der Waals surface area contributed by atoms with Crippen molar-refractivity contribution in [3.05, 3.63) is 58.2 Å². The molecule has 1 aromatic carbocycles. The molecular formula is C25H31FN2O4. The number of ketones is 1. The summed E-state index contributed by atoms with van der Waals surface area (Å²) in [5.41, 5.74) is 2.81. The van der Waals surface area contributed by atoms with Crippen molar-refractivity contribution in [3.63, 3.8) is 0 Å². The Bertz CT molecular complexity index is 1020. The van der Waals surface area contributed by atoms with E-state index in [2.05, 4.69) is 0 Å². The predicted molar refractivity (Wildman–Crippen MR) is 119 cm³/mol. The molecule has 0 unspecified atom stereocenters. The summed E-state index contributed by atoms with van der Waals surface area (Å²) in [7, 11) is 1.32. The van der Waals surface area contributed by atoms with E-state index in [0.29, 0.717) is 29.1 Å². The minimum absolute atomic E-state index is 0.0557. The number of carbonyl (C=O) groups excluding carboxylic acids is 3. The first-order valence-corrected chi connectivity index (χ1v) is 11.1. The second-order valence-electron chi connectivity index (χ2n) is 8.43. The van der Waals surface area contributed by atoms with Crippen LogP contribution in [-0.2, 0) is 22.6 Å². The highest BCUT2D eigenvalue weighted by Gasteiger charge is 2.36. The average Bonchev–Trinajstić information content (AvgIpc) is 2.99. The average molecular weight is 443 g/mol. The summed E-state index contributed by atoms with van der Waals surface area (Å²) < 4.78 is 20.1. The predicted octanol–water partition coefficient (Wildman–Crippen LogP) is 4.45. The fraction of sp³-hybridized carbons (Fsp3) is 0.480. The summed E-state index contributed by atoms with van der Waals surface area (Å²) in [6, 6.07) is 5.24. The highest BCUT2D eigenvalue weighted by molar-refractivity contribution is 6.06. The van der Waals surface area contributed by atoms with Gasteiger partial charge >= 0.3 is 5.97 Å². The van der Waals surface area contributed by atoms with Crippen LogP contribution in [0.25, 0.3) is 0 Å². The van der Waals surface area contributed by atoms with Crippen molar-refractivity contribution in [2.24, 2.45) is 5.92 Å². The topological polar surface area (TPSA) is 68.6 Å². The molecule has 0 saturated heterocycles. The van der Waals surface area contributed by atoms with E-state index in [1.165, 1.54) is 19.2 Å². The molecule has 0 N–H and O–H groups in total. The summed E-state index contributed by atoms with van der Waals surface area (Å²) >= 11 is 0. The van der Waals surface area contributed by atoms with Crippen molar-refractivity contribution in [1.29, 1.82) is 0 Å². The number of methoxy groups -OCH3 is 1. The Kier molecular flexibility index (Phi) is 7.16. The van der Waals surface area contributed by atoms with Crippen LogP contribution in [0.3, 0.4) is 0 Å². The van der Waals surface area contributed by atoms with Gasteiger partial charge in [0.05, 0.1) is 13.2 Å². The summed E-state index contributed by atoms with van der Waals surface area (Å²) in [6.45, 7) is 7.91. The lowest BCUT2D eigenvalue weighted by Crippen LogP contribution is -2.47. The molecule has 1 aliphatic rings. The molecule has 1 amide bonds. The smallest absolute Gasteiger partial charge is 0.354 e. The molecule has 0 spiro atoms. The molecule has 172 valence electrons. The van der Waals surface area contributed by atoms with Crippen molar-refractivity contribution < 1.29 is 23.5 Å². The zero-order valence-corrected chi connectivity index (χ0v) is 19.4. The normalized spacial score (nSPS) is 14.6. The Balaban J connectivity index is 1.98. The van der Waals surface area contributed by atoms with Crippen LogP contribution >= 0.6 is 0 Å². The third-order valence-corrected chi connectivity index (χ3v) is 6.56. The highest BCUT2D eigenvalue weighted by atomic mass is 19.1. The monoisotopic (exact) mass is 442 g/mol. The summed E-state index contributed by atoms with van der Waals surface area (Å²) in [5, 5.41) is 0. The van der Waals surface area contributed by atoms with Crippen LogP contribution in [0.1, 0.15) is 70.8 Å². The first-order chi connectivity index (χ1) is 15.2. The Morgan fingerprint density at radius 1 is 1.19 bits per heavy atom. The van der Waals surface area contributed by atoms with E-state index in [1.807, 2.05) is 6.92 Å². The molecule has 1 aliphatic carbocycles. The van der Waals surface area contributed by atoms with Gasteiger partial charge in [0.25, 0.3) is 0 Å². The number of benzene rings is 1. The van der Waals surface area contributed by atoms with E-state index in [1.54, 1.807) is 42.4 Å². The number of ether oxygens (including phenoxy) is 1. The van der Waals surface area contributed by atoms with Crippen molar-refractivity contribution in [2.75, 3.05) is 7.11 Å².